The number of nitrogens with zero attached hydrogens (tertiary/aromatic N) is 1. The van der Waals surface area contributed by atoms with Crippen LogP contribution in [-0.4, -0.2) is 16.9 Å². The van der Waals surface area contributed by atoms with Crippen molar-refractivity contribution in [3.63, 3.8) is 0 Å². The summed E-state index contributed by atoms with van der Waals surface area (Å²) >= 11 is 1.29. The summed E-state index contributed by atoms with van der Waals surface area (Å²) in [5, 5.41) is 0. The molecule has 5 nitrogen and oxygen atoms in total. The normalized spacial score (nSPS) is 27.2. The van der Waals surface area contributed by atoms with Crippen molar-refractivity contribution in [2.24, 2.45) is 4.99 Å². The van der Waals surface area contributed by atoms with Gasteiger partial charge in [0, 0.05) is 6.26 Å². The average Bonchev–Trinajstić information content (AvgIpc) is 2.49. The average molecular weight is 296 g/mol. The highest BCUT2D eigenvalue weighted by atomic mass is 35.7. The van der Waals surface area contributed by atoms with Gasteiger partial charge >= 0.3 is 0 Å². The van der Waals surface area contributed by atoms with Crippen LogP contribution in [-0.2, 0) is 3.74 Å². The molecule has 8 heteroatoms. The van der Waals surface area contributed by atoms with E-state index in [2.05, 4.69) is 4.99 Å². The molecule has 0 spiro atoms. The van der Waals surface area contributed by atoms with Crippen LogP contribution in [0.15, 0.2) is 34.2 Å². The van der Waals surface area contributed by atoms with E-state index in [-0.39, 0.29) is 0 Å². The highest BCUT2D eigenvalue weighted by molar-refractivity contribution is 8.55. The van der Waals surface area contributed by atoms with Gasteiger partial charge in [-0.15, -0.1) is 11.8 Å². The van der Waals surface area contributed by atoms with Crippen LogP contribution in [0, 0.1) is 10.2 Å². The lowest BCUT2D eigenvalue weighted by Gasteiger charge is -2.27. The zero-order chi connectivity index (χ0) is 12.7. The van der Waals surface area contributed by atoms with Gasteiger partial charge in [-0.1, -0.05) is 12.1 Å². The molecule has 94 valence electrons. The number of benzene rings is 1. The van der Waals surface area contributed by atoms with Gasteiger partial charge in [0.2, 0.25) is 0 Å². The Balaban J connectivity index is 2.48. The predicted molar refractivity (Wildman–Crippen MR) is 59.9 cm³/mol. The number of thioether (sulfide) groups is 1. The van der Waals surface area contributed by atoms with Crippen molar-refractivity contribution in [3.05, 3.63) is 24.3 Å². The van der Waals surface area contributed by atoms with Gasteiger partial charge in [0.05, 0.1) is 31.1 Å². The van der Waals surface area contributed by atoms with E-state index >= 15 is 0 Å². The number of para-hydroxylation sites is 1. The second-order valence-electron chi connectivity index (χ2n) is 3.33. The standard InChI is InChI=1S/C9H10ClNO4S2/c1-16-9-11-7-5-3-4-6-8(7)17(9,2)15-10(12,13)14/h3-6H,1-2H3. The molecule has 1 unspecified atom stereocenters. The molecule has 0 saturated carbocycles. The van der Waals surface area contributed by atoms with E-state index in [1.165, 1.54) is 11.8 Å². The Morgan fingerprint density at radius 2 is 1.94 bits per heavy atom. The fourth-order valence-electron chi connectivity index (χ4n) is 1.58. The van der Waals surface area contributed by atoms with Crippen molar-refractivity contribution in [2.75, 3.05) is 12.5 Å². The monoisotopic (exact) mass is 295 g/mol. The Labute approximate surface area is 107 Å². The van der Waals surface area contributed by atoms with Gasteiger partial charge < -0.3 is 0 Å². The first-order valence-corrected chi connectivity index (χ1v) is 8.91. The molecule has 2 rings (SSSR count). The molecule has 0 fully saturated rings. The molecular weight excluding hydrogens is 286 g/mol. The Morgan fingerprint density at radius 1 is 1.29 bits per heavy atom. The van der Waals surface area contributed by atoms with Crippen LogP contribution in [0.1, 0.15) is 0 Å². The summed E-state index contributed by atoms with van der Waals surface area (Å²) < 4.78 is 37.7. The van der Waals surface area contributed by atoms with Crippen molar-refractivity contribution < 1.29 is 28.0 Å². The summed E-state index contributed by atoms with van der Waals surface area (Å²) in [5.41, 5.74) is 0.660. The van der Waals surface area contributed by atoms with Crippen molar-refractivity contribution in [1.82, 2.24) is 0 Å². The third-order valence-electron chi connectivity index (χ3n) is 2.21. The molecule has 0 N–H and O–H groups in total. The highest BCUT2D eigenvalue weighted by Crippen LogP contribution is 2.65. The zero-order valence-corrected chi connectivity index (χ0v) is 11.5. The van der Waals surface area contributed by atoms with E-state index in [1.807, 2.05) is 0 Å². The smallest absolute Gasteiger partial charge is 0.153 e. The van der Waals surface area contributed by atoms with Crippen molar-refractivity contribution in [1.29, 1.82) is 0 Å². The van der Waals surface area contributed by atoms with Gasteiger partial charge in [-0.3, -0.25) is 0 Å². The first kappa shape index (κ1) is 13.2. The van der Waals surface area contributed by atoms with Gasteiger partial charge in [0.15, 0.2) is 4.38 Å². The second-order valence-corrected chi connectivity index (χ2v) is 8.16. The van der Waals surface area contributed by atoms with Crippen LogP contribution < -0.4 is 14.0 Å². The van der Waals surface area contributed by atoms with Crippen LogP contribution in [0.25, 0.3) is 0 Å². The van der Waals surface area contributed by atoms with Crippen LogP contribution in [0.5, 0.6) is 0 Å². The third-order valence-corrected chi connectivity index (χ3v) is 7.67. The molecule has 0 bridgehead atoms. The molecule has 17 heavy (non-hydrogen) atoms. The quantitative estimate of drug-likeness (QED) is 0.697. The third kappa shape index (κ3) is 2.45. The van der Waals surface area contributed by atoms with Crippen LogP contribution in [0.2, 0.25) is 0 Å². The van der Waals surface area contributed by atoms with E-state index < -0.39 is 20.6 Å². The SMILES string of the molecule is CSC1=Nc2ccccc2S1(C)O[Cl+3]([O-])([O-])[O-]. The fourth-order valence-corrected chi connectivity index (χ4v) is 6.57. The predicted octanol–water partition coefficient (Wildman–Crippen LogP) is -0.327. The van der Waals surface area contributed by atoms with E-state index in [4.69, 9.17) is 3.74 Å². The molecule has 1 atom stereocenters. The van der Waals surface area contributed by atoms with Crippen molar-refractivity contribution >= 4 is 32.1 Å². The topological polar surface area (TPSA) is 90.8 Å². The molecule has 1 aromatic carbocycles. The Morgan fingerprint density at radius 3 is 2.53 bits per heavy atom. The van der Waals surface area contributed by atoms with E-state index in [0.717, 1.165) is 0 Å². The summed E-state index contributed by atoms with van der Waals surface area (Å²) in [4.78, 5) is 4.95. The van der Waals surface area contributed by atoms with Crippen LogP contribution in [0.3, 0.4) is 0 Å². The Bertz CT molecular complexity index is 476. The summed E-state index contributed by atoms with van der Waals surface area (Å²) in [7, 11) is -6.79. The molecule has 1 aliphatic heterocycles. The van der Waals surface area contributed by atoms with E-state index in [1.54, 1.807) is 36.8 Å². The number of fused-ring (bicyclic) bond motifs is 1. The largest absolute Gasteiger partial charge is 0.232 e. The molecule has 1 aliphatic rings. The number of halogens is 1. The molecule has 0 aliphatic carbocycles. The Kier molecular flexibility index (Phi) is 3.43. The number of hydrogen-bond donors (Lipinski definition) is 0. The van der Waals surface area contributed by atoms with Crippen LogP contribution >= 0.6 is 22.1 Å². The van der Waals surface area contributed by atoms with Gasteiger partial charge in [-0.2, -0.15) is 14.0 Å². The minimum absolute atomic E-state index is 0.533. The van der Waals surface area contributed by atoms with Crippen LogP contribution in [0.4, 0.5) is 5.69 Å². The lowest BCUT2D eigenvalue weighted by molar-refractivity contribution is -1.91. The maximum absolute atomic E-state index is 10.8. The lowest BCUT2D eigenvalue weighted by atomic mass is 10.3. The molecule has 0 aromatic heterocycles. The molecule has 0 amide bonds. The van der Waals surface area contributed by atoms with Gasteiger partial charge in [-0.05, 0) is 18.4 Å². The maximum Gasteiger partial charge on any atom is 0.153 e. The first-order chi connectivity index (χ1) is 7.87. The van der Waals surface area contributed by atoms with E-state index in [0.29, 0.717) is 15.0 Å². The summed E-state index contributed by atoms with van der Waals surface area (Å²) in [6.45, 7) is 0. The first-order valence-electron chi connectivity index (χ1n) is 4.49. The molecule has 0 saturated heterocycles. The number of hydrogen-bond acceptors (Lipinski definition) is 6. The molecule has 1 heterocycles. The summed E-state index contributed by atoms with van der Waals surface area (Å²) in [6, 6.07) is 7.06. The van der Waals surface area contributed by atoms with Crippen molar-refractivity contribution in [2.45, 2.75) is 4.90 Å². The van der Waals surface area contributed by atoms with E-state index in [9.17, 15) is 14.0 Å². The minimum Gasteiger partial charge on any atom is -0.232 e. The highest BCUT2D eigenvalue weighted by Gasteiger charge is 2.47. The summed E-state index contributed by atoms with van der Waals surface area (Å²) in [5.74, 6) is 0. The lowest BCUT2D eigenvalue weighted by Crippen LogP contribution is -2.61. The van der Waals surface area contributed by atoms with Crippen molar-refractivity contribution in [3.8, 4) is 0 Å². The Hall–Kier alpha value is -0.280. The van der Waals surface area contributed by atoms with Gasteiger partial charge in [0.25, 0.3) is 0 Å². The number of aliphatic imine (C=N–C) groups is 1. The molecule has 0 radical (unpaired) electrons. The maximum atomic E-state index is 10.8. The van der Waals surface area contributed by atoms with Gasteiger partial charge in [-0.25, -0.2) is 4.99 Å². The fraction of sp³-hybridized carbons (Fsp3) is 0.222. The summed E-state index contributed by atoms with van der Waals surface area (Å²) in [6.07, 6.45) is 3.38. The second kappa shape index (κ2) is 4.43. The molecular formula is C9H10ClNO4S2. The molecule has 1 aromatic rings. The zero-order valence-electron chi connectivity index (χ0n) is 9.08. The number of rotatable bonds is 2. The minimum atomic E-state index is -4.47. The van der Waals surface area contributed by atoms with Gasteiger partial charge in [0.1, 0.15) is 3.74 Å².